The first kappa shape index (κ1) is 11.2. The van der Waals surface area contributed by atoms with Gasteiger partial charge >= 0.3 is 0 Å². The van der Waals surface area contributed by atoms with Gasteiger partial charge in [-0.2, -0.15) is 0 Å². The Labute approximate surface area is 89.5 Å². The van der Waals surface area contributed by atoms with E-state index in [-0.39, 0.29) is 5.78 Å². The van der Waals surface area contributed by atoms with E-state index in [1.54, 1.807) is 11.3 Å². The molecule has 0 aliphatic rings. The molecular weight excluding hydrogens is 192 g/mol. The van der Waals surface area contributed by atoms with Gasteiger partial charge in [-0.25, -0.2) is 0 Å². The number of ketones is 1. The smallest absolute Gasteiger partial charge is 0.173 e. The summed E-state index contributed by atoms with van der Waals surface area (Å²) >= 11 is 1.55. The third-order valence-corrected chi connectivity index (χ3v) is 3.16. The van der Waals surface area contributed by atoms with Crippen molar-refractivity contribution < 1.29 is 4.79 Å². The van der Waals surface area contributed by atoms with Gasteiger partial charge in [0, 0.05) is 6.42 Å². The number of hydrogen-bond acceptors (Lipinski definition) is 2. The molecule has 1 heterocycles. The first-order chi connectivity index (χ1) is 6.65. The number of thiophene rings is 1. The Bertz CT molecular complexity index is 336. The molecular formula is C12H16OS. The number of allylic oxidation sites excluding steroid dienone is 1. The predicted molar refractivity (Wildman–Crippen MR) is 62.1 cm³/mol. The van der Waals surface area contributed by atoms with Crippen molar-refractivity contribution in [1.29, 1.82) is 0 Å². The van der Waals surface area contributed by atoms with Crippen molar-refractivity contribution >= 4 is 17.1 Å². The fourth-order valence-corrected chi connectivity index (χ4v) is 2.26. The molecule has 1 nitrogen and oxygen atoms in total. The molecule has 0 N–H and O–H groups in total. The van der Waals surface area contributed by atoms with Crippen molar-refractivity contribution in [2.45, 2.75) is 33.1 Å². The lowest BCUT2D eigenvalue weighted by atomic mass is 10.1. The highest BCUT2D eigenvalue weighted by molar-refractivity contribution is 7.12. The van der Waals surface area contributed by atoms with Gasteiger partial charge in [0.25, 0.3) is 0 Å². The predicted octanol–water partition coefficient (Wildman–Crippen LogP) is 3.85. The van der Waals surface area contributed by atoms with Crippen molar-refractivity contribution in [1.82, 2.24) is 0 Å². The summed E-state index contributed by atoms with van der Waals surface area (Å²) in [5, 5.41) is 1.99. The lowest BCUT2D eigenvalue weighted by molar-refractivity contribution is 0.0986. The largest absolute Gasteiger partial charge is 0.293 e. The van der Waals surface area contributed by atoms with E-state index in [4.69, 9.17) is 0 Å². The van der Waals surface area contributed by atoms with Gasteiger partial charge in [-0.1, -0.05) is 12.5 Å². The molecule has 14 heavy (non-hydrogen) atoms. The zero-order valence-electron chi connectivity index (χ0n) is 8.80. The van der Waals surface area contributed by atoms with Gasteiger partial charge in [0.15, 0.2) is 5.78 Å². The van der Waals surface area contributed by atoms with E-state index in [0.717, 1.165) is 23.3 Å². The van der Waals surface area contributed by atoms with Gasteiger partial charge in [-0.05, 0) is 36.8 Å². The van der Waals surface area contributed by atoms with Crippen LogP contribution in [0.5, 0.6) is 0 Å². The summed E-state index contributed by atoms with van der Waals surface area (Å²) < 4.78 is 0. The Morgan fingerprint density at radius 2 is 2.21 bits per heavy atom. The Morgan fingerprint density at radius 1 is 1.50 bits per heavy atom. The Morgan fingerprint density at radius 3 is 2.79 bits per heavy atom. The highest BCUT2D eigenvalue weighted by atomic mass is 32.1. The summed E-state index contributed by atoms with van der Waals surface area (Å²) in [7, 11) is 0. The monoisotopic (exact) mass is 208 g/mol. The van der Waals surface area contributed by atoms with E-state index in [1.807, 2.05) is 18.4 Å². The van der Waals surface area contributed by atoms with Crippen molar-refractivity contribution in [3.63, 3.8) is 0 Å². The van der Waals surface area contributed by atoms with Gasteiger partial charge < -0.3 is 0 Å². The lowest BCUT2D eigenvalue weighted by Gasteiger charge is -2.00. The van der Waals surface area contributed by atoms with E-state index in [1.165, 1.54) is 5.56 Å². The molecule has 0 aliphatic carbocycles. The normalized spacial score (nSPS) is 10.1. The molecule has 76 valence electrons. The second-order valence-electron chi connectivity index (χ2n) is 3.51. The van der Waals surface area contributed by atoms with Crippen molar-refractivity contribution in [3.8, 4) is 0 Å². The van der Waals surface area contributed by atoms with Crippen LogP contribution >= 0.6 is 11.3 Å². The van der Waals surface area contributed by atoms with Crippen molar-refractivity contribution in [2.24, 2.45) is 0 Å². The summed E-state index contributed by atoms with van der Waals surface area (Å²) in [5.41, 5.74) is 2.26. The highest BCUT2D eigenvalue weighted by Gasteiger charge is 2.11. The molecule has 0 saturated carbocycles. The fraction of sp³-hybridized carbons (Fsp3) is 0.417. The molecule has 1 aromatic heterocycles. The van der Waals surface area contributed by atoms with Gasteiger partial charge in [0.2, 0.25) is 0 Å². The van der Waals surface area contributed by atoms with Gasteiger partial charge in [0.1, 0.15) is 0 Å². The zero-order valence-corrected chi connectivity index (χ0v) is 9.62. The number of rotatable bonds is 5. The molecule has 2 heteroatoms. The third kappa shape index (κ3) is 2.81. The van der Waals surface area contributed by atoms with Gasteiger partial charge in [-0.15, -0.1) is 17.9 Å². The SMILES string of the molecule is C=C(C)CCC(=O)c1sccc1CC. The summed E-state index contributed by atoms with van der Waals surface area (Å²) in [6, 6.07) is 2.04. The molecule has 0 atom stereocenters. The minimum absolute atomic E-state index is 0.264. The van der Waals surface area contributed by atoms with Crippen LogP contribution in [0.25, 0.3) is 0 Å². The van der Waals surface area contributed by atoms with Crippen LogP contribution in [0.1, 0.15) is 41.9 Å². The Hall–Kier alpha value is -0.890. The summed E-state index contributed by atoms with van der Waals surface area (Å²) in [5.74, 6) is 0.264. The van der Waals surface area contributed by atoms with E-state index in [0.29, 0.717) is 6.42 Å². The van der Waals surface area contributed by atoms with Crippen molar-refractivity contribution in [2.75, 3.05) is 0 Å². The Balaban J connectivity index is 2.64. The molecule has 0 radical (unpaired) electrons. The average Bonchev–Trinajstić information content (AvgIpc) is 2.61. The second-order valence-corrected chi connectivity index (χ2v) is 4.42. The number of aryl methyl sites for hydroxylation is 1. The number of carbonyl (C=O) groups excluding carboxylic acids is 1. The van der Waals surface area contributed by atoms with Crippen LogP contribution < -0.4 is 0 Å². The van der Waals surface area contributed by atoms with Crippen molar-refractivity contribution in [3.05, 3.63) is 34.0 Å². The van der Waals surface area contributed by atoms with Crippen LogP contribution in [-0.2, 0) is 6.42 Å². The summed E-state index contributed by atoms with van der Waals surface area (Å²) in [4.78, 5) is 12.7. The third-order valence-electron chi connectivity index (χ3n) is 2.16. The quantitative estimate of drug-likeness (QED) is 0.530. The molecule has 0 amide bonds. The van der Waals surface area contributed by atoms with Gasteiger partial charge in [0.05, 0.1) is 4.88 Å². The van der Waals surface area contributed by atoms with E-state index < -0.39 is 0 Å². The molecule has 0 fully saturated rings. The zero-order chi connectivity index (χ0) is 10.6. The Kier molecular flexibility index (Phi) is 4.08. The first-order valence-electron chi connectivity index (χ1n) is 4.89. The molecule has 0 aliphatic heterocycles. The number of carbonyl (C=O) groups is 1. The number of hydrogen-bond donors (Lipinski definition) is 0. The molecule has 0 saturated heterocycles. The fourth-order valence-electron chi connectivity index (χ4n) is 1.30. The van der Waals surface area contributed by atoms with Crippen LogP contribution in [-0.4, -0.2) is 5.78 Å². The first-order valence-corrected chi connectivity index (χ1v) is 5.77. The number of Topliss-reactive ketones (excluding diaryl/α,β-unsaturated/α-hetero) is 1. The topological polar surface area (TPSA) is 17.1 Å². The lowest BCUT2D eigenvalue weighted by Crippen LogP contribution is -1.99. The van der Waals surface area contributed by atoms with E-state index in [9.17, 15) is 4.79 Å². The molecule has 1 aromatic rings. The molecule has 0 unspecified atom stereocenters. The van der Waals surface area contributed by atoms with E-state index in [2.05, 4.69) is 13.5 Å². The summed E-state index contributed by atoms with van der Waals surface area (Å²) in [6.45, 7) is 7.84. The molecule has 0 bridgehead atoms. The van der Waals surface area contributed by atoms with Crippen LogP contribution in [0.15, 0.2) is 23.6 Å². The molecule has 0 spiro atoms. The van der Waals surface area contributed by atoms with Crippen LogP contribution in [0, 0.1) is 0 Å². The summed E-state index contributed by atoms with van der Waals surface area (Å²) in [6.07, 6.45) is 2.35. The maximum atomic E-state index is 11.8. The molecule has 1 rings (SSSR count). The van der Waals surface area contributed by atoms with Crippen LogP contribution in [0.3, 0.4) is 0 Å². The minimum Gasteiger partial charge on any atom is -0.293 e. The van der Waals surface area contributed by atoms with Gasteiger partial charge in [-0.3, -0.25) is 4.79 Å². The average molecular weight is 208 g/mol. The van der Waals surface area contributed by atoms with Crippen LogP contribution in [0.4, 0.5) is 0 Å². The van der Waals surface area contributed by atoms with Crippen LogP contribution in [0.2, 0.25) is 0 Å². The highest BCUT2D eigenvalue weighted by Crippen LogP contribution is 2.20. The maximum Gasteiger partial charge on any atom is 0.173 e. The molecule has 0 aromatic carbocycles. The minimum atomic E-state index is 0.264. The maximum absolute atomic E-state index is 11.8. The standard InChI is InChI=1S/C12H16OS/c1-4-10-7-8-14-12(10)11(13)6-5-9(2)3/h7-8H,2,4-6H2,1,3H3. The second kappa shape index (κ2) is 5.11. The van der Waals surface area contributed by atoms with E-state index >= 15 is 0 Å².